The summed E-state index contributed by atoms with van der Waals surface area (Å²) in [6.07, 6.45) is 0. The molecular weight excluding hydrogens is 250 g/mol. The zero-order chi connectivity index (χ0) is 11.3. The summed E-state index contributed by atoms with van der Waals surface area (Å²) in [6, 6.07) is 3.54. The number of likely N-dealkylation sites (N-methyl/N-ethyl adjacent to an activating group) is 1. The van der Waals surface area contributed by atoms with E-state index in [0.717, 1.165) is 5.00 Å². The van der Waals surface area contributed by atoms with Crippen molar-refractivity contribution in [2.45, 2.75) is 0 Å². The van der Waals surface area contributed by atoms with E-state index in [1.165, 1.54) is 18.4 Å². The predicted molar refractivity (Wildman–Crippen MR) is 67.5 cm³/mol. The molecule has 5 nitrogen and oxygen atoms in total. The number of carbonyl (C=O) groups excluding carboxylic acids is 2. The molecule has 0 unspecified atom stereocenters. The fourth-order valence-corrected chi connectivity index (χ4v) is 1.71. The van der Waals surface area contributed by atoms with Crippen LogP contribution in [0.15, 0.2) is 12.1 Å². The first-order valence-corrected chi connectivity index (χ1v) is 5.25. The quantitative estimate of drug-likeness (QED) is 0.749. The number of amides is 2. The minimum absolute atomic E-state index is 0. The second kappa shape index (κ2) is 7.08. The van der Waals surface area contributed by atoms with E-state index in [2.05, 4.69) is 16.0 Å². The minimum Gasteiger partial charge on any atom is -0.380 e. The zero-order valence-electron chi connectivity index (χ0n) is 8.99. The van der Waals surface area contributed by atoms with Crippen LogP contribution in [0.3, 0.4) is 0 Å². The van der Waals surface area contributed by atoms with Gasteiger partial charge < -0.3 is 16.0 Å². The SMILES string of the molecule is CNC(=O)CNC(=O)c1ccc(NC)s1.Cl. The summed E-state index contributed by atoms with van der Waals surface area (Å²) < 4.78 is 0. The highest BCUT2D eigenvalue weighted by Crippen LogP contribution is 2.20. The molecule has 3 N–H and O–H groups in total. The van der Waals surface area contributed by atoms with Crippen LogP contribution in [0.4, 0.5) is 5.00 Å². The molecule has 90 valence electrons. The molecule has 7 heteroatoms. The normalized spacial score (nSPS) is 8.88. The van der Waals surface area contributed by atoms with Crippen LogP contribution in [0, 0.1) is 0 Å². The zero-order valence-corrected chi connectivity index (χ0v) is 10.6. The highest BCUT2D eigenvalue weighted by molar-refractivity contribution is 7.17. The smallest absolute Gasteiger partial charge is 0.261 e. The minimum atomic E-state index is -0.231. The molecule has 1 aromatic rings. The van der Waals surface area contributed by atoms with Gasteiger partial charge in [0.25, 0.3) is 5.91 Å². The Morgan fingerprint density at radius 1 is 1.31 bits per heavy atom. The molecule has 0 bridgehead atoms. The van der Waals surface area contributed by atoms with Crippen molar-refractivity contribution in [2.24, 2.45) is 0 Å². The van der Waals surface area contributed by atoms with Crippen LogP contribution in [0.2, 0.25) is 0 Å². The predicted octanol–water partition coefficient (Wildman–Crippen LogP) is 0.687. The van der Waals surface area contributed by atoms with Crippen molar-refractivity contribution in [3.63, 3.8) is 0 Å². The highest BCUT2D eigenvalue weighted by atomic mass is 35.5. The van der Waals surface area contributed by atoms with Crippen molar-refractivity contribution in [1.29, 1.82) is 0 Å². The van der Waals surface area contributed by atoms with Gasteiger partial charge in [0.1, 0.15) is 0 Å². The molecule has 0 aliphatic carbocycles. The Kier molecular flexibility index (Phi) is 6.52. The van der Waals surface area contributed by atoms with E-state index in [1.54, 1.807) is 13.1 Å². The summed E-state index contributed by atoms with van der Waals surface area (Å²) >= 11 is 1.35. The Morgan fingerprint density at radius 2 is 2.00 bits per heavy atom. The van der Waals surface area contributed by atoms with Gasteiger partial charge in [-0.25, -0.2) is 0 Å². The monoisotopic (exact) mass is 263 g/mol. The second-order valence-corrected chi connectivity index (χ2v) is 3.85. The molecule has 0 fully saturated rings. The standard InChI is InChI=1S/C9H13N3O2S.ClH/c1-10-7(13)5-12-9(14)6-3-4-8(11-2)15-6;/h3-4,11H,5H2,1-2H3,(H,10,13)(H,12,14);1H. The van der Waals surface area contributed by atoms with Crippen LogP contribution in [-0.4, -0.2) is 32.5 Å². The lowest BCUT2D eigenvalue weighted by atomic mass is 10.4. The van der Waals surface area contributed by atoms with Crippen LogP contribution < -0.4 is 16.0 Å². The third-order valence-corrected chi connectivity index (χ3v) is 2.87. The Labute approximate surface area is 104 Å². The van der Waals surface area contributed by atoms with Gasteiger partial charge in [-0.3, -0.25) is 9.59 Å². The fourth-order valence-electron chi connectivity index (χ4n) is 0.930. The third kappa shape index (κ3) is 4.08. The molecule has 16 heavy (non-hydrogen) atoms. The van der Waals surface area contributed by atoms with Gasteiger partial charge in [0.05, 0.1) is 16.4 Å². The van der Waals surface area contributed by atoms with Gasteiger partial charge in [-0.1, -0.05) is 0 Å². The number of nitrogens with one attached hydrogen (secondary N) is 3. The molecule has 0 aromatic carbocycles. The number of hydrogen-bond donors (Lipinski definition) is 3. The van der Waals surface area contributed by atoms with Crippen molar-refractivity contribution < 1.29 is 9.59 Å². The summed E-state index contributed by atoms with van der Waals surface area (Å²) in [4.78, 5) is 22.9. The Morgan fingerprint density at radius 3 is 2.50 bits per heavy atom. The molecule has 0 saturated heterocycles. The number of halogens is 1. The van der Waals surface area contributed by atoms with Gasteiger partial charge >= 0.3 is 0 Å². The summed E-state index contributed by atoms with van der Waals surface area (Å²) in [5.74, 6) is -0.446. The van der Waals surface area contributed by atoms with E-state index in [-0.39, 0.29) is 30.8 Å². The molecule has 2 amide bonds. The Bertz CT molecular complexity index is 367. The van der Waals surface area contributed by atoms with Crippen molar-refractivity contribution in [2.75, 3.05) is 26.0 Å². The Balaban J connectivity index is 0.00000225. The second-order valence-electron chi connectivity index (χ2n) is 2.77. The van der Waals surface area contributed by atoms with Gasteiger partial charge in [-0.2, -0.15) is 0 Å². The lowest BCUT2D eigenvalue weighted by Gasteiger charge is -2.01. The summed E-state index contributed by atoms with van der Waals surface area (Å²) in [5, 5.41) is 8.80. The maximum Gasteiger partial charge on any atom is 0.261 e. The van der Waals surface area contributed by atoms with Crippen LogP contribution in [0.1, 0.15) is 9.67 Å². The lowest BCUT2D eigenvalue weighted by Crippen LogP contribution is -2.34. The first-order chi connectivity index (χ1) is 7.17. The molecule has 0 aliphatic heterocycles. The van der Waals surface area contributed by atoms with Gasteiger partial charge in [-0.05, 0) is 12.1 Å². The summed E-state index contributed by atoms with van der Waals surface area (Å²) in [6.45, 7) is 0.00210. The molecule has 0 atom stereocenters. The Hall–Kier alpha value is -1.27. The molecule has 0 saturated carbocycles. The fraction of sp³-hybridized carbons (Fsp3) is 0.333. The van der Waals surface area contributed by atoms with Crippen LogP contribution in [0.5, 0.6) is 0 Å². The number of hydrogen-bond acceptors (Lipinski definition) is 4. The van der Waals surface area contributed by atoms with E-state index >= 15 is 0 Å². The van der Waals surface area contributed by atoms with Gasteiger partial charge in [0.15, 0.2) is 0 Å². The molecule has 0 aliphatic rings. The van der Waals surface area contributed by atoms with Crippen molar-refractivity contribution in [3.05, 3.63) is 17.0 Å². The van der Waals surface area contributed by atoms with E-state index in [4.69, 9.17) is 0 Å². The van der Waals surface area contributed by atoms with E-state index in [9.17, 15) is 9.59 Å². The number of rotatable bonds is 4. The maximum atomic E-state index is 11.5. The summed E-state index contributed by atoms with van der Waals surface area (Å²) in [7, 11) is 3.32. The molecule has 0 spiro atoms. The van der Waals surface area contributed by atoms with Crippen LogP contribution >= 0.6 is 23.7 Å². The van der Waals surface area contributed by atoms with Crippen LogP contribution in [0.25, 0.3) is 0 Å². The molecule has 1 aromatic heterocycles. The van der Waals surface area contributed by atoms with Gasteiger partial charge in [-0.15, -0.1) is 23.7 Å². The van der Waals surface area contributed by atoms with E-state index in [0.29, 0.717) is 4.88 Å². The topological polar surface area (TPSA) is 70.2 Å². The number of carbonyl (C=O) groups is 2. The maximum absolute atomic E-state index is 11.5. The average Bonchev–Trinajstić information content (AvgIpc) is 2.73. The summed E-state index contributed by atoms with van der Waals surface area (Å²) in [5.41, 5.74) is 0. The lowest BCUT2D eigenvalue weighted by molar-refractivity contribution is -0.119. The van der Waals surface area contributed by atoms with Crippen molar-refractivity contribution >= 4 is 40.6 Å². The first-order valence-electron chi connectivity index (χ1n) is 4.43. The molecule has 0 radical (unpaired) electrons. The number of anilines is 1. The number of thiophene rings is 1. The average molecular weight is 264 g/mol. The van der Waals surface area contributed by atoms with Gasteiger partial charge in [0, 0.05) is 14.1 Å². The molecule has 1 rings (SSSR count). The van der Waals surface area contributed by atoms with E-state index in [1.807, 2.05) is 6.07 Å². The molecular formula is C9H14ClN3O2S. The van der Waals surface area contributed by atoms with Crippen molar-refractivity contribution in [1.82, 2.24) is 10.6 Å². The largest absolute Gasteiger partial charge is 0.380 e. The first kappa shape index (κ1) is 14.7. The third-order valence-electron chi connectivity index (χ3n) is 1.76. The van der Waals surface area contributed by atoms with Crippen molar-refractivity contribution in [3.8, 4) is 0 Å². The highest BCUT2D eigenvalue weighted by Gasteiger charge is 2.09. The molecule has 1 heterocycles. The van der Waals surface area contributed by atoms with E-state index < -0.39 is 0 Å². The van der Waals surface area contributed by atoms with Gasteiger partial charge in [0.2, 0.25) is 5.91 Å². The van der Waals surface area contributed by atoms with Crippen LogP contribution in [-0.2, 0) is 4.79 Å².